The van der Waals surface area contributed by atoms with Crippen LogP contribution >= 0.6 is 0 Å². The SMILES string of the molecule is COc1ccc([C@@H]2CC(C(C)(C)O)=NO2)cc1. The fourth-order valence-corrected chi connectivity index (χ4v) is 1.74. The molecule has 1 aliphatic rings. The first-order valence-corrected chi connectivity index (χ1v) is 5.60. The highest BCUT2D eigenvalue weighted by molar-refractivity contribution is 5.92. The Morgan fingerprint density at radius 3 is 2.47 bits per heavy atom. The smallest absolute Gasteiger partial charge is 0.158 e. The van der Waals surface area contributed by atoms with E-state index in [9.17, 15) is 5.11 Å². The molecule has 0 spiro atoms. The van der Waals surface area contributed by atoms with Crippen LogP contribution in [0.5, 0.6) is 5.75 Å². The Balaban J connectivity index is 2.07. The average molecular weight is 235 g/mol. The summed E-state index contributed by atoms with van der Waals surface area (Å²) in [6.07, 6.45) is 0.512. The van der Waals surface area contributed by atoms with Crippen LogP contribution in [0.15, 0.2) is 29.4 Å². The van der Waals surface area contributed by atoms with Gasteiger partial charge in [-0.1, -0.05) is 17.3 Å². The van der Waals surface area contributed by atoms with Crippen molar-refractivity contribution in [2.45, 2.75) is 32.0 Å². The van der Waals surface area contributed by atoms with Crippen molar-refractivity contribution in [3.63, 3.8) is 0 Å². The minimum absolute atomic E-state index is 0.109. The fraction of sp³-hybridized carbons (Fsp3) is 0.462. The monoisotopic (exact) mass is 235 g/mol. The summed E-state index contributed by atoms with van der Waals surface area (Å²) in [6, 6.07) is 7.68. The van der Waals surface area contributed by atoms with Crippen molar-refractivity contribution < 1.29 is 14.7 Å². The number of oxime groups is 1. The molecule has 92 valence electrons. The first-order chi connectivity index (χ1) is 8.00. The number of aliphatic hydroxyl groups is 1. The molecule has 0 radical (unpaired) electrons. The van der Waals surface area contributed by atoms with Crippen LogP contribution < -0.4 is 4.74 Å². The highest BCUT2D eigenvalue weighted by Gasteiger charge is 2.31. The number of hydrogen-bond donors (Lipinski definition) is 1. The summed E-state index contributed by atoms with van der Waals surface area (Å²) in [5, 5.41) is 13.8. The molecule has 4 heteroatoms. The second kappa shape index (κ2) is 4.37. The molecule has 1 aliphatic heterocycles. The summed E-state index contributed by atoms with van der Waals surface area (Å²) < 4.78 is 5.10. The zero-order valence-electron chi connectivity index (χ0n) is 10.3. The Bertz CT molecular complexity index is 417. The van der Waals surface area contributed by atoms with Crippen LogP contribution in [0.1, 0.15) is 31.9 Å². The summed E-state index contributed by atoms with van der Waals surface area (Å²) in [4.78, 5) is 5.34. The summed E-state index contributed by atoms with van der Waals surface area (Å²) in [6.45, 7) is 3.43. The number of benzene rings is 1. The zero-order valence-corrected chi connectivity index (χ0v) is 10.3. The third kappa shape index (κ3) is 2.58. The molecule has 1 aromatic rings. The Morgan fingerprint density at radius 1 is 1.35 bits per heavy atom. The molecule has 1 N–H and O–H groups in total. The van der Waals surface area contributed by atoms with Gasteiger partial charge in [-0.3, -0.25) is 0 Å². The predicted octanol–water partition coefficient (Wildman–Crippen LogP) is 2.28. The van der Waals surface area contributed by atoms with Crippen LogP contribution in [-0.2, 0) is 4.84 Å². The van der Waals surface area contributed by atoms with Gasteiger partial charge < -0.3 is 14.7 Å². The lowest BCUT2D eigenvalue weighted by Gasteiger charge is -2.15. The molecule has 4 nitrogen and oxygen atoms in total. The van der Waals surface area contributed by atoms with E-state index in [0.717, 1.165) is 11.3 Å². The number of hydrogen-bond acceptors (Lipinski definition) is 4. The molecule has 1 aromatic carbocycles. The minimum atomic E-state index is -0.915. The topological polar surface area (TPSA) is 51.0 Å². The van der Waals surface area contributed by atoms with Gasteiger partial charge >= 0.3 is 0 Å². The second-order valence-corrected chi connectivity index (χ2v) is 4.67. The molecule has 1 atom stereocenters. The van der Waals surface area contributed by atoms with Crippen molar-refractivity contribution in [2.24, 2.45) is 5.16 Å². The molecule has 0 saturated heterocycles. The predicted molar refractivity (Wildman–Crippen MR) is 65.2 cm³/mol. The Morgan fingerprint density at radius 2 is 2.00 bits per heavy atom. The van der Waals surface area contributed by atoms with Gasteiger partial charge in [0, 0.05) is 6.42 Å². The lowest BCUT2D eigenvalue weighted by molar-refractivity contribution is 0.0851. The van der Waals surface area contributed by atoms with E-state index < -0.39 is 5.60 Å². The summed E-state index contributed by atoms with van der Waals surface area (Å²) in [5.41, 5.74) is 0.799. The lowest BCUT2D eigenvalue weighted by Crippen LogP contribution is -2.30. The van der Waals surface area contributed by atoms with Gasteiger partial charge in [-0.15, -0.1) is 0 Å². The number of ether oxygens (including phenoxy) is 1. The van der Waals surface area contributed by atoms with Crippen molar-refractivity contribution >= 4 is 5.71 Å². The van der Waals surface area contributed by atoms with Gasteiger partial charge in [0.05, 0.1) is 12.8 Å². The molecule has 17 heavy (non-hydrogen) atoms. The quantitative estimate of drug-likeness (QED) is 0.874. The molecule has 1 heterocycles. The molecular formula is C13H17NO3. The highest BCUT2D eigenvalue weighted by Crippen LogP contribution is 2.31. The maximum Gasteiger partial charge on any atom is 0.158 e. The standard InChI is InChI=1S/C13H17NO3/c1-13(2,15)12-8-11(17-14-12)9-4-6-10(16-3)7-5-9/h4-7,11,15H,8H2,1-3H3/t11-/m0/s1. The van der Waals surface area contributed by atoms with E-state index in [1.54, 1.807) is 21.0 Å². The van der Waals surface area contributed by atoms with Crippen molar-refractivity contribution in [2.75, 3.05) is 7.11 Å². The van der Waals surface area contributed by atoms with Gasteiger partial charge in [-0.2, -0.15) is 0 Å². The maximum atomic E-state index is 9.83. The first kappa shape index (κ1) is 11.9. The molecule has 0 unspecified atom stereocenters. The zero-order chi connectivity index (χ0) is 12.5. The van der Waals surface area contributed by atoms with Gasteiger partial charge in [0.25, 0.3) is 0 Å². The van der Waals surface area contributed by atoms with E-state index in [2.05, 4.69) is 5.16 Å². The Hall–Kier alpha value is -1.55. The van der Waals surface area contributed by atoms with Gasteiger partial charge in [0.1, 0.15) is 11.4 Å². The summed E-state index contributed by atoms with van der Waals surface area (Å²) in [7, 11) is 1.64. The molecule has 0 amide bonds. The molecule has 0 saturated carbocycles. The van der Waals surface area contributed by atoms with E-state index in [0.29, 0.717) is 12.1 Å². The van der Waals surface area contributed by atoms with Crippen LogP contribution in [0.4, 0.5) is 0 Å². The summed E-state index contributed by atoms with van der Waals surface area (Å²) >= 11 is 0. The van der Waals surface area contributed by atoms with Crippen molar-refractivity contribution in [3.05, 3.63) is 29.8 Å². The molecule has 0 aliphatic carbocycles. The van der Waals surface area contributed by atoms with Crippen molar-refractivity contribution in [1.29, 1.82) is 0 Å². The lowest BCUT2D eigenvalue weighted by atomic mass is 9.95. The molecular weight excluding hydrogens is 218 g/mol. The highest BCUT2D eigenvalue weighted by atomic mass is 16.6. The Kier molecular flexibility index (Phi) is 3.07. The van der Waals surface area contributed by atoms with E-state index in [4.69, 9.17) is 9.57 Å². The van der Waals surface area contributed by atoms with Gasteiger partial charge in [-0.05, 0) is 31.5 Å². The van der Waals surface area contributed by atoms with Crippen LogP contribution in [0, 0.1) is 0 Å². The van der Waals surface area contributed by atoms with Gasteiger partial charge in [0.15, 0.2) is 6.10 Å². The number of nitrogens with zero attached hydrogens (tertiary/aromatic N) is 1. The third-order valence-electron chi connectivity index (χ3n) is 2.86. The minimum Gasteiger partial charge on any atom is -0.497 e. The van der Waals surface area contributed by atoms with Gasteiger partial charge in [0.2, 0.25) is 0 Å². The number of rotatable bonds is 3. The summed E-state index contributed by atoms with van der Waals surface area (Å²) in [5.74, 6) is 0.815. The van der Waals surface area contributed by atoms with Gasteiger partial charge in [-0.25, -0.2) is 0 Å². The first-order valence-electron chi connectivity index (χ1n) is 5.60. The van der Waals surface area contributed by atoms with E-state index in [-0.39, 0.29) is 6.10 Å². The van der Waals surface area contributed by atoms with Crippen LogP contribution in [0.2, 0.25) is 0 Å². The molecule has 0 fully saturated rings. The van der Waals surface area contributed by atoms with E-state index in [1.165, 1.54) is 0 Å². The number of methoxy groups -OCH3 is 1. The molecule has 0 bridgehead atoms. The van der Waals surface area contributed by atoms with E-state index in [1.807, 2.05) is 24.3 Å². The van der Waals surface area contributed by atoms with Crippen LogP contribution in [0.25, 0.3) is 0 Å². The second-order valence-electron chi connectivity index (χ2n) is 4.67. The molecule has 0 aromatic heterocycles. The molecule has 2 rings (SSSR count). The Labute approximate surface area is 101 Å². The van der Waals surface area contributed by atoms with E-state index >= 15 is 0 Å². The third-order valence-corrected chi connectivity index (χ3v) is 2.86. The van der Waals surface area contributed by atoms with Crippen molar-refractivity contribution in [3.8, 4) is 5.75 Å². The fourth-order valence-electron chi connectivity index (χ4n) is 1.74. The maximum absolute atomic E-state index is 9.83. The largest absolute Gasteiger partial charge is 0.497 e. The van der Waals surface area contributed by atoms with Crippen LogP contribution in [-0.4, -0.2) is 23.5 Å². The normalized spacial score (nSPS) is 19.8. The van der Waals surface area contributed by atoms with Crippen LogP contribution in [0.3, 0.4) is 0 Å². The average Bonchev–Trinajstić information content (AvgIpc) is 2.78. The van der Waals surface area contributed by atoms with Crippen molar-refractivity contribution in [1.82, 2.24) is 0 Å².